The Labute approximate surface area is 110 Å². The number of rotatable bonds is 4. The van der Waals surface area contributed by atoms with E-state index in [-0.39, 0.29) is 38.1 Å². The maximum Gasteiger partial charge on any atom is 0.311 e. The van der Waals surface area contributed by atoms with Crippen molar-refractivity contribution in [1.82, 2.24) is 5.32 Å². The van der Waals surface area contributed by atoms with E-state index in [4.69, 9.17) is 5.11 Å². The van der Waals surface area contributed by atoms with Crippen LogP contribution in [0.4, 0.5) is 8.78 Å². The Morgan fingerprint density at radius 2 is 1.74 bits per heavy atom. The topological polar surface area (TPSA) is 66.4 Å². The SMILES string of the molecule is O=C(NCC1(C(=O)O)CCC1)C1CCC(F)(F)CC1. The van der Waals surface area contributed by atoms with E-state index in [1.807, 2.05) is 0 Å². The molecule has 1 amide bonds. The average Bonchev–Trinajstić information content (AvgIpc) is 2.26. The number of hydrogen-bond donors (Lipinski definition) is 2. The molecular weight excluding hydrogens is 256 g/mol. The van der Waals surface area contributed by atoms with E-state index < -0.39 is 23.2 Å². The summed E-state index contributed by atoms with van der Waals surface area (Å²) >= 11 is 0. The quantitative estimate of drug-likeness (QED) is 0.826. The normalized spacial score (nSPS) is 25.4. The zero-order valence-electron chi connectivity index (χ0n) is 10.8. The predicted octanol–water partition coefficient (Wildman–Crippen LogP) is 2.18. The molecule has 6 heteroatoms. The number of nitrogens with one attached hydrogen (secondary N) is 1. The number of carbonyl (C=O) groups excluding carboxylic acids is 1. The first-order chi connectivity index (χ1) is 8.85. The minimum absolute atomic E-state index is 0.119. The van der Waals surface area contributed by atoms with Crippen LogP contribution in [0, 0.1) is 11.3 Å². The third-order valence-corrected chi connectivity index (χ3v) is 4.45. The predicted molar refractivity (Wildman–Crippen MR) is 63.8 cm³/mol. The van der Waals surface area contributed by atoms with Gasteiger partial charge in [0.05, 0.1) is 5.41 Å². The molecular formula is C13H19F2NO3. The molecule has 0 radical (unpaired) electrons. The fourth-order valence-electron chi connectivity index (χ4n) is 2.77. The van der Waals surface area contributed by atoms with E-state index in [0.29, 0.717) is 12.8 Å². The molecule has 2 aliphatic rings. The van der Waals surface area contributed by atoms with Crippen LogP contribution in [0.5, 0.6) is 0 Å². The lowest BCUT2D eigenvalue weighted by atomic mass is 9.68. The summed E-state index contributed by atoms with van der Waals surface area (Å²) in [5.41, 5.74) is -0.825. The molecule has 0 saturated heterocycles. The number of alkyl halides is 2. The lowest BCUT2D eigenvalue weighted by molar-refractivity contribution is -0.154. The fraction of sp³-hybridized carbons (Fsp3) is 0.846. The van der Waals surface area contributed by atoms with Gasteiger partial charge < -0.3 is 10.4 Å². The molecule has 0 heterocycles. The molecule has 108 valence electrons. The Hall–Kier alpha value is -1.20. The largest absolute Gasteiger partial charge is 0.481 e. The number of carboxylic acid groups (broad SMARTS) is 1. The molecule has 0 aromatic carbocycles. The molecule has 0 aromatic rings. The summed E-state index contributed by atoms with van der Waals surface area (Å²) in [7, 11) is 0. The van der Waals surface area contributed by atoms with Gasteiger partial charge in [0.1, 0.15) is 0 Å². The smallest absolute Gasteiger partial charge is 0.311 e. The van der Waals surface area contributed by atoms with Gasteiger partial charge in [-0.2, -0.15) is 0 Å². The molecule has 2 saturated carbocycles. The van der Waals surface area contributed by atoms with Gasteiger partial charge in [-0.15, -0.1) is 0 Å². The van der Waals surface area contributed by atoms with Crippen LogP contribution in [-0.4, -0.2) is 29.5 Å². The van der Waals surface area contributed by atoms with Crippen molar-refractivity contribution >= 4 is 11.9 Å². The molecule has 0 bridgehead atoms. The maximum atomic E-state index is 13.0. The Morgan fingerprint density at radius 1 is 1.16 bits per heavy atom. The van der Waals surface area contributed by atoms with Crippen LogP contribution in [0.2, 0.25) is 0 Å². The molecule has 2 rings (SSSR count). The highest BCUT2D eigenvalue weighted by atomic mass is 19.3. The number of hydrogen-bond acceptors (Lipinski definition) is 2. The minimum atomic E-state index is -2.65. The van der Waals surface area contributed by atoms with Crippen molar-refractivity contribution in [3.05, 3.63) is 0 Å². The van der Waals surface area contributed by atoms with Crippen molar-refractivity contribution in [2.24, 2.45) is 11.3 Å². The van der Waals surface area contributed by atoms with Gasteiger partial charge in [-0.25, -0.2) is 8.78 Å². The molecule has 0 spiro atoms. The standard InChI is InChI=1S/C13H19F2NO3/c14-13(15)6-2-9(3-7-13)10(17)16-8-12(11(18)19)4-1-5-12/h9H,1-8H2,(H,16,17)(H,18,19). The van der Waals surface area contributed by atoms with Gasteiger partial charge in [-0.1, -0.05) is 6.42 Å². The summed E-state index contributed by atoms with van der Waals surface area (Å²) < 4.78 is 26.0. The highest BCUT2D eigenvalue weighted by Gasteiger charge is 2.45. The van der Waals surface area contributed by atoms with Crippen molar-refractivity contribution in [2.75, 3.05) is 6.54 Å². The molecule has 0 aromatic heterocycles. The second-order valence-corrected chi connectivity index (χ2v) is 5.79. The lowest BCUT2D eigenvalue weighted by Gasteiger charge is -2.38. The van der Waals surface area contributed by atoms with E-state index in [1.165, 1.54) is 0 Å². The second-order valence-electron chi connectivity index (χ2n) is 5.79. The number of aliphatic carboxylic acids is 1. The van der Waals surface area contributed by atoms with Crippen LogP contribution in [0.15, 0.2) is 0 Å². The third-order valence-electron chi connectivity index (χ3n) is 4.45. The number of carboxylic acids is 1. The second kappa shape index (κ2) is 5.06. The molecule has 0 aliphatic heterocycles. The average molecular weight is 275 g/mol. The molecule has 2 aliphatic carbocycles. The highest BCUT2D eigenvalue weighted by Crippen LogP contribution is 2.41. The van der Waals surface area contributed by atoms with Crippen LogP contribution in [-0.2, 0) is 9.59 Å². The van der Waals surface area contributed by atoms with Crippen LogP contribution in [0.1, 0.15) is 44.9 Å². The van der Waals surface area contributed by atoms with E-state index in [1.54, 1.807) is 0 Å². The first kappa shape index (κ1) is 14.2. The van der Waals surface area contributed by atoms with Crippen molar-refractivity contribution in [1.29, 1.82) is 0 Å². The first-order valence-corrected chi connectivity index (χ1v) is 6.74. The number of halogens is 2. The molecule has 19 heavy (non-hydrogen) atoms. The third kappa shape index (κ3) is 3.04. The Morgan fingerprint density at radius 3 is 2.16 bits per heavy atom. The van der Waals surface area contributed by atoms with E-state index in [2.05, 4.69) is 5.32 Å². The Kier molecular flexibility index (Phi) is 3.78. The molecule has 2 fully saturated rings. The summed E-state index contributed by atoms with van der Waals surface area (Å²) in [6.45, 7) is 0.119. The van der Waals surface area contributed by atoms with Crippen LogP contribution >= 0.6 is 0 Å². The summed E-state index contributed by atoms with van der Waals surface area (Å²) in [4.78, 5) is 23.0. The van der Waals surface area contributed by atoms with Crippen LogP contribution in [0.3, 0.4) is 0 Å². The maximum absolute atomic E-state index is 13.0. The van der Waals surface area contributed by atoms with E-state index >= 15 is 0 Å². The molecule has 4 nitrogen and oxygen atoms in total. The van der Waals surface area contributed by atoms with Crippen LogP contribution < -0.4 is 5.32 Å². The van der Waals surface area contributed by atoms with Gasteiger partial charge in [0.25, 0.3) is 0 Å². The van der Waals surface area contributed by atoms with Gasteiger partial charge in [0.2, 0.25) is 11.8 Å². The lowest BCUT2D eigenvalue weighted by Crippen LogP contribution is -2.49. The minimum Gasteiger partial charge on any atom is -0.481 e. The van der Waals surface area contributed by atoms with Crippen molar-refractivity contribution < 1.29 is 23.5 Å². The van der Waals surface area contributed by atoms with Gasteiger partial charge >= 0.3 is 5.97 Å². The molecule has 2 N–H and O–H groups in total. The summed E-state index contributed by atoms with van der Waals surface area (Å²) in [5.74, 6) is -4.20. The molecule has 0 unspecified atom stereocenters. The zero-order chi connectivity index (χ0) is 14.1. The monoisotopic (exact) mass is 275 g/mol. The summed E-state index contributed by atoms with van der Waals surface area (Å²) in [6, 6.07) is 0. The van der Waals surface area contributed by atoms with Gasteiger partial charge in [0.15, 0.2) is 0 Å². The zero-order valence-corrected chi connectivity index (χ0v) is 10.8. The Bertz CT molecular complexity index is 370. The summed E-state index contributed by atoms with van der Waals surface area (Å²) in [6.07, 6.45) is 1.86. The first-order valence-electron chi connectivity index (χ1n) is 6.74. The van der Waals surface area contributed by atoms with Gasteiger partial charge in [0, 0.05) is 25.3 Å². The fourth-order valence-corrected chi connectivity index (χ4v) is 2.77. The van der Waals surface area contributed by atoms with Crippen molar-refractivity contribution in [3.63, 3.8) is 0 Å². The Balaban J connectivity index is 1.80. The number of carbonyl (C=O) groups is 2. The van der Waals surface area contributed by atoms with Gasteiger partial charge in [-0.05, 0) is 25.7 Å². The van der Waals surface area contributed by atoms with E-state index in [9.17, 15) is 18.4 Å². The van der Waals surface area contributed by atoms with E-state index in [0.717, 1.165) is 6.42 Å². The van der Waals surface area contributed by atoms with Crippen molar-refractivity contribution in [2.45, 2.75) is 50.9 Å². The van der Waals surface area contributed by atoms with Gasteiger partial charge in [-0.3, -0.25) is 9.59 Å². The van der Waals surface area contributed by atoms with Crippen LogP contribution in [0.25, 0.3) is 0 Å². The highest BCUT2D eigenvalue weighted by molar-refractivity contribution is 5.81. The molecule has 0 atom stereocenters. The van der Waals surface area contributed by atoms with Crippen molar-refractivity contribution in [3.8, 4) is 0 Å². The number of amides is 1. The summed E-state index contributed by atoms with van der Waals surface area (Å²) in [5, 5.41) is 11.8.